The smallest absolute Gasteiger partial charge is 0.0849 e. The summed E-state index contributed by atoms with van der Waals surface area (Å²) in [5, 5.41) is 18.8. The van der Waals surface area contributed by atoms with Crippen LogP contribution in [0.5, 0.6) is 0 Å². The Kier molecular flexibility index (Phi) is 2.55. The molecule has 1 unspecified atom stereocenters. The Labute approximate surface area is 68.2 Å². The third-order valence-electron chi connectivity index (χ3n) is 2.36. The summed E-state index contributed by atoms with van der Waals surface area (Å²) in [5.74, 6) is 0.840. The summed E-state index contributed by atoms with van der Waals surface area (Å²) in [7, 11) is 0. The van der Waals surface area contributed by atoms with Crippen molar-refractivity contribution in [3.8, 4) is 0 Å². The molecule has 0 aliphatic heterocycles. The number of hydrogen-bond donors (Lipinski definition) is 2. The predicted octanol–water partition coefficient (Wildman–Crippen LogP) is 1.31. The van der Waals surface area contributed by atoms with E-state index in [1.165, 1.54) is 12.8 Å². The molecule has 1 aliphatic rings. The standard InChI is InChI=1S/C9H18O2/c1-9(2,11)8(10)6-5-7-3-4-7/h7-8,10-11H,3-6H2,1-2H3. The van der Waals surface area contributed by atoms with Gasteiger partial charge in [-0.2, -0.15) is 0 Å². The molecule has 11 heavy (non-hydrogen) atoms. The van der Waals surface area contributed by atoms with Gasteiger partial charge in [-0.3, -0.25) is 0 Å². The Morgan fingerprint density at radius 1 is 1.45 bits per heavy atom. The number of rotatable bonds is 4. The molecule has 2 N–H and O–H groups in total. The summed E-state index contributed by atoms with van der Waals surface area (Å²) < 4.78 is 0. The van der Waals surface area contributed by atoms with Crippen LogP contribution in [0.15, 0.2) is 0 Å². The zero-order valence-corrected chi connectivity index (χ0v) is 7.38. The average molecular weight is 158 g/mol. The first-order valence-electron chi connectivity index (χ1n) is 4.40. The van der Waals surface area contributed by atoms with Gasteiger partial charge >= 0.3 is 0 Å². The van der Waals surface area contributed by atoms with Crippen molar-refractivity contribution in [3.05, 3.63) is 0 Å². The maximum atomic E-state index is 9.41. The number of aliphatic hydroxyl groups is 2. The van der Waals surface area contributed by atoms with Gasteiger partial charge in [0.2, 0.25) is 0 Å². The predicted molar refractivity (Wildman–Crippen MR) is 44.3 cm³/mol. The Hall–Kier alpha value is -0.0800. The second-order valence-corrected chi connectivity index (χ2v) is 4.19. The topological polar surface area (TPSA) is 40.5 Å². The van der Waals surface area contributed by atoms with Gasteiger partial charge < -0.3 is 10.2 Å². The highest BCUT2D eigenvalue weighted by Gasteiger charge is 2.27. The van der Waals surface area contributed by atoms with E-state index in [-0.39, 0.29) is 0 Å². The van der Waals surface area contributed by atoms with Crippen molar-refractivity contribution >= 4 is 0 Å². The van der Waals surface area contributed by atoms with Crippen molar-refractivity contribution < 1.29 is 10.2 Å². The fraction of sp³-hybridized carbons (Fsp3) is 1.00. The Balaban J connectivity index is 2.13. The largest absolute Gasteiger partial charge is 0.390 e. The van der Waals surface area contributed by atoms with E-state index >= 15 is 0 Å². The van der Waals surface area contributed by atoms with Crippen molar-refractivity contribution in [2.75, 3.05) is 0 Å². The van der Waals surface area contributed by atoms with Gasteiger partial charge in [-0.25, -0.2) is 0 Å². The summed E-state index contributed by atoms with van der Waals surface area (Å²) >= 11 is 0. The van der Waals surface area contributed by atoms with Gasteiger partial charge in [0.25, 0.3) is 0 Å². The van der Waals surface area contributed by atoms with Gasteiger partial charge in [-0.15, -0.1) is 0 Å². The highest BCUT2D eigenvalue weighted by atomic mass is 16.3. The van der Waals surface area contributed by atoms with Crippen molar-refractivity contribution in [2.45, 2.75) is 51.2 Å². The molecule has 2 heteroatoms. The minimum absolute atomic E-state index is 0.553. The Morgan fingerprint density at radius 2 is 2.00 bits per heavy atom. The van der Waals surface area contributed by atoms with E-state index in [1.807, 2.05) is 0 Å². The lowest BCUT2D eigenvalue weighted by Gasteiger charge is -2.24. The highest BCUT2D eigenvalue weighted by Crippen LogP contribution is 2.34. The van der Waals surface area contributed by atoms with Gasteiger partial charge in [0, 0.05) is 0 Å². The third kappa shape index (κ3) is 3.21. The first-order valence-corrected chi connectivity index (χ1v) is 4.40. The van der Waals surface area contributed by atoms with Gasteiger partial charge in [-0.05, 0) is 32.6 Å². The van der Waals surface area contributed by atoms with E-state index < -0.39 is 11.7 Å². The van der Waals surface area contributed by atoms with Crippen molar-refractivity contribution in [2.24, 2.45) is 5.92 Å². The molecule has 0 spiro atoms. The molecular weight excluding hydrogens is 140 g/mol. The fourth-order valence-corrected chi connectivity index (χ4v) is 1.15. The van der Waals surface area contributed by atoms with Crippen LogP contribution in [-0.2, 0) is 0 Å². The van der Waals surface area contributed by atoms with Gasteiger partial charge in [0.05, 0.1) is 11.7 Å². The monoisotopic (exact) mass is 158 g/mol. The maximum absolute atomic E-state index is 9.41. The van der Waals surface area contributed by atoms with Crippen LogP contribution >= 0.6 is 0 Å². The van der Waals surface area contributed by atoms with Crippen LogP contribution in [0.3, 0.4) is 0 Å². The Morgan fingerprint density at radius 3 is 2.36 bits per heavy atom. The summed E-state index contributed by atoms with van der Waals surface area (Å²) in [4.78, 5) is 0. The van der Waals surface area contributed by atoms with Crippen molar-refractivity contribution in [1.82, 2.24) is 0 Å². The second-order valence-electron chi connectivity index (χ2n) is 4.19. The fourth-order valence-electron chi connectivity index (χ4n) is 1.15. The summed E-state index contributed by atoms with van der Waals surface area (Å²) in [6.45, 7) is 3.31. The Bertz CT molecular complexity index is 122. The van der Waals surface area contributed by atoms with Gasteiger partial charge in [0.1, 0.15) is 0 Å². The van der Waals surface area contributed by atoms with Crippen LogP contribution in [0.1, 0.15) is 39.5 Å². The lowest BCUT2D eigenvalue weighted by atomic mass is 9.97. The van der Waals surface area contributed by atoms with Crippen molar-refractivity contribution in [3.63, 3.8) is 0 Å². The molecule has 0 radical (unpaired) electrons. The van der Waals surface area contributed by atoms with Crippen LogP contribution < -0.4 is 0 Å². The SMILES string of the molecule is CC(C)(O)C(O)CCC1CC1. The molecule has 1 saturated carbocycles. The lowest BCUT2D eigenvalue weighted by molar-refractivity contribution is -0.0525. The highest BCUT2D eigenvalue weighted by molar-refractivity contribution is 4.80. The molecule has 1 fully saturated rings. The van der Waals surface area contributed by atoms with Crippen LogP contribution in [0.25, 0.3) is 0 Å². The zero-order chi connectivity index (χ0) is 8.48. The van der Waals surface area contributed by atoms with Crippen LogP contribution in [0.2, 0.25) is 0 Å². The molecule has 0 saturated heterocycles. The zero-order valence-electron chi connectivity index (χ0n) is 7.38. The molecule has 0 heterocycles. The minimum Gasteiger partial charge on any atom is -0.390 e. The first kappa shape index (κ1) is 9.01. The van der Waals surface area contributed by atoms with E-state index in [9.17, 15) is 10.2 Å². The van der Waals surface area contributed by atoms with Crippen LogP contribution in [0, 0.1) is 5.92 Å². The molecule has 66 valence electrons. The average Bonchev–Trinajstić information content (AvgIpc) is 2.62. The molecule has 1 aliphatic carbocycles. The second kappa shape index (κ2) is 3.11. The molecular formula is C9H18O2. The van der Waals surface area contributed by atoms with E-state index in [1.54, 1.807) is 13.8 Å². The molecule has 2 nitrogen and oxygen atoms in total. The van der Waals surface area contributed by atoms with Crippen molar-refractivity contribution in [1.29, 1.82) is 0 Å². The lowest BCUT2D eigenvalue weighted by Crippen LogP contribution is -2.35. The summed E-state index contributed by atoms with van der Waals surface area (Å²) in [5.41, 5.74) is -0.922. The maximum Gasteiger partial charge on any atom is 0.0849 e. The van der Waals surface area contributed by atoms with Gasteiger partial charge in [-0.1, -0.05) is 12.8 Å². The number of hydrogen-bond acceptors (Lipinski definition) is 2. The molecule has 1 atom stereocenters. The molecule has 0 amide bonds. The quantitative estimate of drug-likeness (QED) is 0.647. The summed E-state index contributed by atoms with van der Waals surface area (Å²) in [6, 6.07) is 0. The molecule has 0 aromatic heterocycles. The molecule has 0 bridgehead atoms. The molecule has 0 aromatic rings. The van der Waals surface area contributed by atoms with E-state index in [4.69, 9.17) is 0 Å². The molecule has 1 rings (SSSR count). The normalized spacial score (nSPS) is 21.8. The summed E-state index contributed by atoms with van der Waals surface area (Å²) in [6.07, 6.45) is 3.90. The first-order chi connectivity index (χ1) is 5.00. The minimum atomic E-state index is -0.922. The van der Waals surface area contributed by atoms with E-state index in [0.29, 0.717) is 0 Å². The van der Waals surface area contributed by atoms with E-state index in [2.05, 4.69) is 0 Å². The third-order valence-corrected chi connectivity index (χ3v) is 2.36. The van der Waals surface area contributed by atoms with Crippen LogP contribution in [0.4, 0.5) is 0 Å². The molecule has 0 aromatic carbocycles. The number of aliphatic hydroxyl groups excluding tert-OH is 1. The van der Waals surface area contributed by atoms with E-state index in [0.717, 1.165) is 18.8 Å². The van der Waals surface area contributed by atoms with Gasteiger partial charge in [0.15, 0.2) is 0 Å². The van der Waals surface area contributed by atoms with Crippen LogP contribution in [-0.4, -0.2) is 21.9 Å².